The van der Waals surface area contributed by atoms with E-state index in [4.69, 9.17) is 20.6 Å². The molecule has 2 aromatic heterocycles. The number of hydrogen-bond donors (Lipinski definition) is 2. The van der Waals surface area contributed by atoms with E-state index in [1.807, 2.05) is 33.8 Å². The van der Waals surface area contributed by atoms with Gasteiger partial charge in [-0.15, -0.1) is 6.42 Å². The third-order valence-corrected chi connectivity index (χ3v) is 8.43. The minimum absolute atomic E-state index is 0.0292. The molecule has 258 valence electrons. The van der Waals surface area contributed by atoms with Crippen LogP contribution in [0.2, 0.25) is 0 Å². The zero-order valence-electron chi connectivity index (χ0n) is 28.4. The summed E-state index contributed by atoms with van der Waals surface area (Å²) < 4.78 is 33.1. The molecule has 48 heavy (non-hydrogen) atoms. The van der Waals surface area contributed by atoms with E-state index in [-0.39, 0.29) is 42.2 Å². The summed E-state index contributed by atoms with van der Waals surface area (Å²) in [5.74, 6) is 1.32. The molecule has 0 saturated carbocycles. The molecule has 0 spiro atoms. The van der Waals surface area contributed by atoms with Crippen LogP contribution >= 0.6 is 0 Å². The van der Waals surface area contributed by atoms with Crippen LogP contribution in [0, 0.1) is 32.3 Å². The number of unbranched alkanes of at least 4 members (excludes halogenated alkanes) is 4. The Morgan fingerprint density at radius 1 is 1.21 bits per heavy atom. The van der Waals surface area contributed by atoms with E-state index in [0.717, 1.165) is 36.8 Å². The van der Waals surface area contributed by atoms with Crippen molar-refractivity contribution in [1.29, 1.82) is 0 Å². The molecule has 12 nitrogen and oxygen atoms in total. The largest absolute Gasteiger partial charge is 0.461 e. The van der Waals surface area contributed by atoms with Gasteiger partial charge in [-0.2, -0.15) is 14.4 Å². The number of carbonyl (C=O) groups is 3. The molecule has 13 heteroatoms. The van der Waals surface area contributed by atoms with Gasteiger partial charge < -0.3 is 24.6 Å². The highest BCUT2D eigenvalue weighted by atomic mass is 19.1. The van der Waals surface area contributed by atoms with E-state index in [2.05, 4.69) is 33.1 Å². The SMILES string of the molecule is C#C[C@]1(COC(=O)CC(C)(C)c2c(C)cc(C)cc2OC(C)=O)O[C@@H](n2cnc3c(NC(=O)CCCCCCC)nc(F)nc32)C[C@@H]1O. The summed E-state index contributed by atoms with van der Waals surface area (Å²) in [6, 6.07) is 3.69. The van der Waals surface area contributed by atoms with Crippen LogP contribution < -0.4 is 10.1 Å². The molecule has 3 atom stereocenters. The van der Waals surface area contributed by atoms with Gasteiger partial charge in [-0.05, 0) is 37.5 Å². The minimum atomic E-state index is -1.72. The number of nitrogens with zero attached hydrogens (tertiary/aromatic N) is 4. The van der Waals surface area contributed by atoms with Crippen molar-refractivity contribution in [3.8, 4) is 18.1 Å². The fraction of sp³-hybridized carbons (Fsp3) is 0.543. The average Bonchev–Trinajstić information content (AvgIpc) is 3.55. The number of aromatic nitrogens is 4. The summed E-state index contributed by atoms with van der Waals surface area (Å²) in [7, 11) is 0. The van der Waals surface area contributed by atoms with E-state index < -0.39 is 48.0 Å². The van der Waals surface area contributed by atoms with Gasteiger partial charge in [0.25, 0.3) is 0 Å². The van der Waals surface area contributed by atoms with Crippen LogP contribution in [0.25, 0.3) is 11.2 Å². The molecule has 0 aliphatic carbocycles. The number of imidazole rings is 1. The van der Waals surface area contributed by atoms with Crippen LogP contribution in [0.4, 0.5) is 10.2 Å². The van der Waals surface area contributed by atoms with Gasteiger partial charge >= 0.3 is 18.0 Å². The van der Waals surface area contributed by atoms with E-state index in [1.54, 1.807) is 6.07 Å². The molecule has 1 saturated heterocycles. The van der Waals surface area contributed by atoms with Gasteiger partial charge in [-0.3, -0.25) is 19.0 Å². The number of aliphatic hydroxyl groups is 1. The van der Waals surface area contributed by atoms with Gasteiger partial charge in [-0.25, -0.2) is 4.98 Å². The molecule has 0 radical (unpaired) electrons. The Hall–Kier alpha value is -4.41. The highest BCUT2D eigenvalue weighted by molar-refractivity contribution is 5.96. The lowest BCUT2D eigenvalue weighted by Gasteiger charge is -2.30. The third kappa shape index (κ3) is 8.35. The molecule has 0 unspecified atom stereocenters. The van der Waals surface area contributed by atoms with Gasteiger partial charge in [0.1, 0.15) is 24.7 Å². The maximum Gasteiger partial charge on any atom is 0.312 e. The standard InChI is InChI=1S/C35H44FN5O7/c1-8-10-11-12-13-14-26(44)38-31-30-32(40-33(36)39-31)41(20-37-30)27-17-25(43)35(9-2,48-27)19-46-28(45)18-34(6,7)29-22(4)15-21(3)16-24(29)47-23(5)42/h2,15-16,20,25,27,43H,8,10-14,17-19H2,1,3-7H3,(H,38,39,40,44)/t25-,27+,35+/m0/s1. The van der Waals surface area contributed by atoms with Gasteiger partial charge in [0.2, 0.25) is 5.91 Å². The number of ether oxygens (including phenoxy) is 3. The minimum Gasteiger partial charge on any atom is -0.461 e. The van der Waals surface area contributed by atoms with Gasteiger partial charge in [-0.1, -0.05) is 58.4 Å². The fourth-order valence-corrected chi connectivity index (χ4v) is 6.21. The van der Waals surface area contributed by atoms with Crippen molar-refractivity contribution in [2.75, 3.05) is 11.9 Å². The van der Waals surface area contributed by atoms with E-state index >= 15 is 0 Å². The highest BCUT2D eigenvalue weighted by Crippen LogP contribution is 2.40. The maximum atomic E-state index is 14.6. The lowest BCUT2D eigenvalue weighted by Crippen LogP contribution is -2.43. The van der Waals surface area contributed by atoms with E-state index in [0.29, 0.717) is 17.7 Å². The highest BCUT2D eigenvalue weighted by Gasteiger charge is 2.49. The number of benzene rings is 1. The lowest BCUT2D eigenvalue weighted by atomic mass is 9.78. The number of aliphatic hydroxyl groups excluding tert-OH is 1. The Kier molecular flexibility index (Phi) is 11.5. The van der Waals surface area contributed by atoms with Crippen LogP contribution in [0.1, 0.15) is 102 Å². The van der Waals surface area contributed by atoms with Gasteiger partial charge in [0.15, 0.2) is 22.6 Å². The van der Waals surface area contributed by atoms with Crippen molar-refractivity contribution in [3.05, 3.63) is 41.2 Å². The number of fused-ring (bicyclic) bond motifs is 1. The number of terminal acetylenes is 1. The number of hydrogen-bond acceptors (Lipinski definition) is 10. The number of amides is 1. The Labute approximate surface area is 279 Å². The van der Waals surface area contributed by atoms with E-state index in [1.165, 1.54) is 17.8 Å². The second-order valence-electron chi connectivity index (χ2n) is 13.0. The molecule has 4 rings (SSSR count). The first-order valence-electron chi connectivity index (χ1n) is 16.2. The number of carbonyl (C=O) groups excluding carboxylic acids is 3. The Bertz CT molecular complexity index is 1720. The Morgan fingerprint density at radius 2 is 1.94 bits per heavy atom. The molecule has 1 aliphatic rings. The quantitative estimate of drug-likeness (QED) is 0.0755. The number of halogens is 1. The molecule has 1 fully saturated rings. The van der Waals surface area contributed by atoms with Crippen LogP contribution in [-0.2, 0) is 29.3 Å². The summed E-state index contributed by atoms with van der Waals surface area (Å²) in [6.07, 6.45) is 8.83. The maximum absolute atomic E-state index is 14.6. The van der Waals surface area contributed by atoms with Gasteiger partial charge in [0, 0.05) is 30.7 Å². The monoisotopic (exact) mass is 665 g/mol. The summed E-state index contributed by atoms with van der Waals surface area (Å²) in [6.45, 7) is 10.4. The Balaban J connectivity index is 1.46. The summed E-state index contributed by atoms with van der Waals surface area (Å²) in [5, 5.41) is 13.7. The second-order valence-corrected chi connectivity index (χ2v) is 13.0. The van der Waals surface area contributed by atoms with Crippen LogP contribution in [0.15, 0.2) is 18.5 Å². The molecule has 1 amide bonds. The van der Waals surface area contributed by atoms with Crippen LogP contribution in [0.5, 0.6) is 5.75 Å². The van der Waals surface area contributed by atoms with Crippen molar-refractivity contribution in [1.82, 2.24) is 19.5 Å². The molecule has 3 heterocycles. The number of rotatable bonds is 14. The number of anilines is 1. The molecule has 2 N–H and O–H groups in total. The normalized spacial score (nSPS) is 19.2. The van der Waals surface area contributed by atoms with Crippen molar-refractivity contribution in [2.24, 2.45) is 0 Å². The average molecular weight is 666 g/mol. The molecular formula is C35H44FN5O7. The van der Waals surface area contributed by atoms with Crippen molar-refractivity contribution in [2.45, 2.75) is 116 Å². The second kappa shape index (κ2) is 15.2. The van der Waals surface area contributed by atoms with Crippen LogP contribution in [-0.4, -0.2) is 60.8 Å². The number of nitrogens with one attached hydrogen (secondary N) is 1. The van der Waals surface area contributed by atoms with Gasteiger partial charge in [0.05, 0.1) is 12.7 Å². The zero-order chi connectivity index (χ0) is 35.2. The molecule has 1 aliphatic heterocycles. The Morgan fingerprint density at radius 3 is 2.62 bits per heavy atom. The topological polar surface area (TPSA) is 155 Å². The number of aryl methyl sites for hydroxylation is 2. The summed E-state index contributed by atoms with van der Waals surface area (Å²) >= 11 is 0. The first kappa shape index (κ1) is 36.4. The molecule has 3 aromatic rings. The zero-order valence-corrected chi connectivity index (χ0v) is 28.4. The van der Waals surface area contributed by atoms with Crippen molar-refractivity contribution in [3.63, 3.8) is 0 Å². The molecule has 0 bridgehead atoms. The first-order chi connectivity index (χ1) is 22.7. The fourth-order valence-electron chi connectivity index (χ4n) is 6.21. The van der Waals surface area contributed by atoms with Crippen molar-refractivity contribution >= 4 is 34.8 Å². The summed E-state index contributed by atoms with van der Waals surface area (Å²) in [5.41, 5.74) is 0.0822. The predicted molar refractivity (Wildman–Crippen MR) is 175 cm³/mol. The summed E-state index contributed by atoms with van der Waals surface area (Å²) in [4.78, 5) is 49.4. The molecule has 1 aromatic carbocycles. The first-order valence-corrected chi connectivity index (χ1v) is 16.2. The van der Waals surface area contributed by atoms with Crippen molar-refractivity contribution < 1.29 is 38.1 Å². The smallest absolute Gasteiger partial charge is 0.312 e. The van der Waals surface area contributed by atoms with E-state index in [9.17, 15) is 23.9 Å². The number of esters is 2. The third-order valence-electron chi connectivity index (χ3n) is 8.43. The molecular weight excluding hydrogens is 621 g/mol. The van der Waals surface area contributed by atoms with Crippen LogP contribution in [0.3, 0.4) is 0 Å². The predicted octanol–water partition coefficient (Wildman–Crippen LogP) is 5.37. The lowest BCUT2D eigenvalue weighted by molar-refractivity contribution is -0.157.